The van der Waals surface area contributed by atoms with Gasteiger partial charge in [-0.25, -0.2) is 4.68 Å². The van der Waals surface area contributed by atoms with Crippen LogP contribution in [0.3, 0.4) is 0 Å². The molecular formula is C25H23N5O. The van der Waals surface area contributed by atoms with Gasteiger partial charge in [-0.3, -0.25) is 0 Å². The summed E-state index contributed by atoms with van der Waals surface area (Å²) in [4.78, 5) is 3.66. The first-order valence-corrected chi connectivity index (χ1v) is 10.6. The second-order valence-corrected chi connectivity index (χ2v) is 8.01. The molecule has 154 valence electrons. The lowest BCUT2D eigenvalue weighted by Crippen LogP contribution is -2.30. The Bertz CT molecular complexity index is 1400. The third-order valence-corrected chi connectivity index (χ3v) is 6.24. The van der Waals surface area contributed by atoms with Crippen molar-refractivity contribution >= 4 is 21.9 Å². The molecule has 0 aliphatic carbocycles. The van der Waals surface area contributed by atoms with E-state index in [-0.39, 0.29) is 6.04 Å². The predicted octanol–water partition coefficient (Wildman–Crippen LogP) is 4.20. The third kappa shape index (κ3) is 2.99. The highest BCUT2D eigenvalue weighted by Crippen LogP contribution is 2.35. The second kappa shape index (κ2) is 7.25. The van der Waals surface area contributed by atoms with Crippen molar-refractivity contribution < 1.29 is 4.74 Å². The summed E-state index contributed by atoms with van der Waals surface area (Å²) in [5.74, 6) is 0.857. The monoisotopic (exact) mass is 409 g/mol. The topological polar surface area (TPSA) is 67.8 Å². The normalized spacial score (nSPS) is 16.0. The highest BCUT2D eigenvalue weighted by Gasteiger charge is 2.25. The number of hydrogen-bond acceptors (Lipinski definition) is 4. The molecule has 0 saturated carbocycles. The van der Waals surface area contributed by atoms with Crippen molar-refractivity contribution in [3.8, 4) is 5.75 Å². The van der Waals surface area contributed by atoms with Crippen molar-refractivity contribution in [1.82, 2.24) is 25.3 Å². The van der Waals surface area contributed by atoms with E-state index in [2.05, 4.69) is 63.1 Å². The van der Waals surface area contributed by atoms with E-state index in [1.165, 1.54) is 27.7 Å². The second-order valence-electron chi connectivity index (χ2n) is 8.01. The molecule has 0 spiro atoms. The number of nitrogens with one attached hydrogen (secondary N) is 2. The van der Waals surface area contributed by atoms with Crippen LogP contribution < -0.4 is 10.1 Å². The van der Waals surface area contributed by atoms with Crippen LogP contribution in [0.15, 0.2) is 66.7 Å². The van der Waals surface area contributed by atoms with Gasteiger partial charge in [0.05, 0.1) is 25.2 Å². The van der Waals surface area contributed by atoms with Gasteiger partial charge in [0.2, 0.25) is 0 Å². The maximum Gasteiger partial charge on any atom is 0.123 e. The number of hydrogen-bond donors (Lipinski definition) is 2. The van der Waals surface area contributed by atoms with Crippen molar-refractivity contribution in [1.29, 1.82) is 0 Å². The fourth-order valence-corrected chi connectivity index (χ4v) is 4.76. The number of nitrogens with zero attached hydrogens (tertiary/aromatic N) is 3. The molecule has 3 aromatic carbocycles. The van der Waals surface area contributed by atoms with Crippen molar-refractivity contribution in [2.24, 2.45) is 0 Å². The number of aromatic nitrogens is 4. The molecule has 0 saturated heterocycles. The van der Waals surface area contributed by atoms with E-state index in [0.717, 1.165) is 35.3 Å². The highest BCUT2D eigenvalue weighted by molar-refractivity contribution is 5.85. The fraction of sp³-hybridized carbons (Fsp3) is 0.200. The number of methoxy groups -OCH3 is 1. The van der Waals surface area contributed by atoms with Crippen LogP contribution in [0.2, 0.25) is 0 Å². The summed E-state index contributed by atoms with van der Waals surface area (Å²) < 4.78 is 7.61. The maximum atomic E-state index is 5.68. The first kappa shape index (κ1) is 18.2. The Labute approximate surface area is 179 Å². The molecule has 0 fully saturated rings. The zero-order valence-electron chi connectivity index (χ0n) is 17.3. The molecule has 1 aliphatic rings. The summed E-state index contributed by atoms with van der Waals surface area (Å²) in [5.41, 5.74) is 8.09. The molecule has 31 heavy (non-hydrogen) atoms. The molecule has 2 aromatic heterocycles. The number of fused-ring (bicyclic) bond motifs is 4. The molecule has 5 aromatic rings. The molecule has 6 rings (SSSR count). The molecule has 0 radical (unpaired) electrons. The highest BCUT2D eigenvalue weighted by atomic mass is 16.5. The quantitative estimate of drug-likeness (QED) is 0.467. The average molecular weight is 409 g/mol. The van der Waals surface area contributed by atoms with Gasteiger partial charge in [-0.1, -0.05) is 41.6 Å². The molecule has 0 bridgehead atoms. The molecule has 0 unspecified atom stereocenters. The molecule has 2 N–H and O–H groups in total. The van der Waals surface area contributed by atoms with Crippen LogP contribution in [0.4, 0.5) is 0 Å². The Hall–Kier alpha value is -3.64. The Balaban J connectivity index is 1.42. The Morgan fingerprint density at radius 2 is 1.94 bits per heavy atom. The van der Waals surface area contributed by atoms with Gasteiger partial charge in [-0.2, -0.15) is 0 Å². The fourth-order valence-electron chi connectivity index (χ4n) is 4.76. The summed E-state index contributed by atoms with van der Waals surface area (Å²) in [6.45, 7) is 1.55. The van der Waals surface area contributed by atoms with Gasteiger partial charge >= 0.3 is 0 Å². The molecule has 6 heteroatoms. The Kier molecular flexibility index (Phi) is 4.25. The van der Waals surface area contributed by atoms with Crippen molar-refractivity contribution in [2.45, 2.75) is 19.0 Å². The van der Waals surface area contributed by atoms with Crippen LogP contribution in [-0.4, -0.2) is 33.6 Å². The van der Waals surface area contributed by atoms with E-state index in [1.807, 2.05) is 28.9 Å². The van der Waals surface area contributed by atoms with E-state index in [4.69, 9.17) is 4.74 Å². The molecule has 1 aliphatic heterocycles. The minimum absolute atomic E-state index is 0.119. The minimum Gasteiger partial charge on any atom is -0.496 e. The number of benzene rings is 3. The Morgan fingerprint density at radius 3 is 2.87 bits per heavy atom. The molecule has 6 nitrogen and oxygen atoms in total. The van der Waals surface area contributed by atoms with Gasteiger partial charge < -0.3 is 15.0 Å². The summed E-state index contributed by atoms with van der Waals surface area (Å²) in [7, 11) is 1.71. The third-order valence-electron chi connectivity index (χ3n) is 6.24. The first-order chi connectivity index (χ1) is 15.3. The van der Waals surface area contributed by atoms with E-state index in [9.17, 15) is 0 Å². The summed E-state index contributed by atoms with van der Waals surface area (Å²) in [6, 6.07) is 23.1. The van der Waals surface area contributed by atoms with Gasteiger partial charge in [-0.05, 0) is 47.9 Å². The number of para-hydroxylation sites is 2. The first-order valence-electron chi connectivity index (χ1n) is 10.6. The number of aromatic amines is 1. The lowest BCUT2D eigenvalue weighted by Gasteiger charge is -2.25. The van der Waals surface area contributed by atoms with Crippen molar-refractivity contribution in [3.05, 3.63) is 89.1 Å². The minimum atomic E-state index is 0.119. The Morgan fingerprint density at radius 1 is 1.06 bits per heavy atom. The average Bonchev–Trinajstić information content (AvgIpc) is 3.40. The van der Waals surface area contributed by atoms with Gasteiger partial charge in [0, 0.05) is 28.7 Å². The van der Waals surface area contributed by atoms with E-state index >= 15 is 0 Å². The van der Waals surface area contributed by atoms with Gasteiger partial charge in [0.1, 0.15) is 11.3 Å². The summed E-state index contributed by atoms with van der Waals surface area (Å²) in [6.07, 6.45) is 1.03. The van der Waals surface area contributed by atoms with E-state index < -0.39 is 0 Å². The lowest BCUT2D eigenvalue weighted by molar-refractivity contribution is 0.407. The largest absolute Gasteiger partial charge is 0.496 e. The standard InChI is InChI=1S/C25H23N5O/c1-31-23-11-10-16(14-17(23)15-30-22-9-5-4-8-21(22)28-29-30)24-25-19(12-13-26-24)18-6-2-3-7-20(18)27-25/h2-11,14,24,26-27H,12-13,15H2,1H3/t24-/m0/s1. The zero-order chi connectivity index (χ0) is 20.8. The maximum absolute atomic E-state index is 5.68. The van der Waals surface area contributed by atoms with Crippen LogP contribution in [0.25, 0.3) is 21.9 Å². The van der Waals surface area contributed by atoms with Gasteiger partial charge in [-0.15, -0.1) is 5.10 Å². The van der Waals surface area contributed by atoms with Crippen LogP contribution >= 0.6 is 0 Å². The summed E-state index contributed by atoms with van der Waals surface area (Å²) in [5, 5.41) is 13.7. The van der Waals surface area contributed by atoms with Crippen LogP contribution in [0.5, 0.6) is 5.75 Å². The van der Waals surface area contributed by atoms with E-state index in [0.29, 0.717) is 6.54 Å². The SMILES string of the molecule is COc1ccc([C@@H]2NCCc3c2[nH]c2ccccc32)cc1Cn1nnc2ccccc21. The number of rotatable bonds is 4. The van der Waals surface area contributed by atoms with Crippen LogP contribution in [0, 0.1) is 0 Å². The molecule has 0 amide bonds. The number of ether oxygens (including phenoxy) is 1. The van der Waals surface area contributed by atoms with E-state index in [1.54, 1.807) is 7.11 Å². The van der Waals surface area contributed by atoms with Crippen molar-refractivity contribution in [3.63, 3.8) is 0 Å². The zero-order valence-corrected chi connectivity index (χ0v) is 17.3. The number of H-pyrrole nitrogens is 1. The molecule has 1 atom stereocenters. The predicted molar refractivity (Wildman–Crippen MR) is 121 cm³/mol. The lowest BCUT2D eigenvalue weighted by atomic mass is 9.93. The van der Waals surface area contributed by atoms with Gasteiger partial charge in [0.15, 0.2) is 0 Å². The van der Waals surface area contributed by atoms with Gasteiger partial charge in [0.25, 0.3) is 0 Å². The van der Waals surface area contributed by atoms with Crippen LogP contribution in [0.1, 0.15) is 28.4 Å². The van der Waals surface area contributed by atoms with Crippen LogP contribution in [-0.2, 0) is 13.0 Å². The summed E-state index contributed by atoms with van der Waals surface area (Å²) >= 11 is 0. The molecule has 3 heterocycles. The van der Waals surface area contributed by atoms with Crippen molar-refractivity contribution in [2.75, 3.05) is 13.7 Å². The smallest absolute Gasteiger partial charge is 0.123 e. The molecular weight excluding hydrogens is 386 g/mol.